The lowest BCUT2D eigenvalue weighted by atomic mass is 9.99. The van der Waals surface area contributed by atoms with Crippen molar-refractivity contribution in [2.75, 3.05) is 35.5 Å². The Bertz CT molecular complexity index is 1570. The molecular weight excluding hydrogens is 585 g/mol. The van der Waals surface area contributed by atoms with Gasteiger partial charge in [0.25, 0.3) is 0 Å². The van der Waals surface area contributed by atoms with Gasteiger partial charge >= 0.3 is 0 Å². The van der Waals surface area contributed by atoms with Crippen LogP contribution in [0.4, 0.5) is 11.4 Å². The van der Waals surface area contributed by atoms with Crippen LogP contribution in [-0.2, 0) is 16.0 Å². The molecule has 2 aliphatic rings. The Kier molecular flexibility index (Phi) is 8.14. The summed E-state index contributed by atoms with van der Waals surface area (Å²) in [6, 6.07) is 25.5. The Hall–Kier alpha value is -4.28. The maximum absolute atomic E-state index is 13.0. The zero-order chi connectivity index (χ0) is 30.1. The molecule has 0 bridgehead atoms. The monoisotopic (exact) mass is 614 g/mol. The molecule has 2 heterocycles. The summed E-state index contributed by atoms with van der Waals surface area (Å²) in [6.45, 7) is 0. The van der Waals surface area contributed by atoms with Gasteiger partial charge in [0.15, 0.2) is 0 Å². The molecule has 2 fully saturated rings. The SMILES string of the molecule is COc1ccc(Cc2ccc(OC)c(C3SCC(=O)N3c3cccc(O)c3)c2)cc1C1SCC(=O)N1c1cccc(O)c1. The van der Waals surface area contributed by atoms with E-state index in [4.69, 9.17) is 9.47 Å². The third-order valence-corrected chi connectivity index (χ3v) is 9.87. The van der Waals surface area contributed by atoms with Gasteiger partial charge in [0.05, 0.1) is 25.7 Å². The Morgan fingerprint density at radius 2 is 1.12 bits per heavy atom. The van der Waals surface area contributed by atoms with E-state index in [0.29, 0.717) is 40.8 Å². The van der Waals surface area contributed by atoms with Crippen LogP contribution >= 0.6 is 23.5 Å². The van der Waals surface area contributed by atoms with Crippen LogP contribution in [0.25, 0.3) is 0 Å². The fourth-order valence-corrected chi connectivity index (χ4v) is 7.94. The molecule has 2 N–H and O–H groups in total. The largest absolute Gasteiger partial charge is 0.508 e. The average molecular weight is 615 g/mol. The number of benzene rings is 4. The van der Waals surface area contributed by atoms with Crippen molar-refractivity contribution in [1.29, 1.82) is 0 Å². The predicted octanol–water partition coefficient (Wildman–Crippen LogP) is 6.26. The number of phenols is 2. The first-order valence-corrected chi connectivity index (χ1v) is 15.7. The summed E-state index contributed by atoms with van der Waals surface area (Å²) in [7, 11) is 3.24. The number of nitrogens with zero attached hydrogens (tertiary/aromatic N) is 2. The van der Waals surface area contributed by atoms with Gasteiger partial charge < -0.3 is 19.7 Å². The van der Waals surface area contributed by atoms with Gasteiger partial charge in [0, 0.05) is 34.6 Å². The number of aromatic hydroxyl groups is 2. The van der Waals surface area contributed by atoms with E-state index >= 15 is 0 Å². The Labute approximate surface area is 258 Å². The molecule has 2 aliphatic heterocycles. The van der Waals surface area contributed by atoms with Crippen LogP contribution in [0.1, 0.15) is 33.0 Å². The van der Waals surface area contributed by atoms with Crippen molar-refractivity contribution >= 4 is 46.7 Å². The van der Waals surface area contributed by atoms with E-state index in [9.17, 15) is 19.8 Å². The van der Waals surface area contributed by atoms with Crippen molar-refractivity contribution < 1.29 is 29.3 Å². The van der Waals surface area contributed by atoms with E-state index in [1.165, 1.54) is 23.5 Å². The van der Waals surface area contributed by atoms with Crippen molar-refractivity contribution in [1.82, 2.24) is 0 Å². The highest BCUT2D eigenvalue weighted by Crippen LogP contribution is 2.47. The van der Waals surface area contributed by atoms with Crippen molar-refractivity contribution in [2.24, 2.45) is 0 Å². The van der Waals surface area contributed by atoms with Gasteiger partial charge in [-0.2, -0.15) is 0 Å². The molecular formula is C33H30N2O6S2. The molecule has 4 aromatic carbocycles. The van der Waals surface area contributed by atoms with Crippen LogP contribution in [0, 0.1) is 0 Å². The first-order valence-electron chi connectivity index (χ1n) is 13.7. The summed E-state index contributed by atoms with van der Waals surface area (Å²) in [5.41, 5.74) is 5.07. The molecule has 2 amide bonds. The Balaban J connectivity index is 1.33. The van der Waals surface area contributed by atoms with Gasteiger partial charge in [0.1, 0.15) is 33.7 Å². The third kappa shape index (κ3) is 5.72. The van der Waals surface area contributed by atoms with Crippen molar-refractivity contribution in [3.63, 3.8) is 0 Å². The van der Waals surface area contributed by atoms with Crippen LogP contribution in [0.5, 0.6) is 23.0 Å². The maximum Gasteiger partial charge on any atom is 0.238 e. The molecule has 220 valence electrons. The first kappa shape index (κ1) is 28.8. The fraction of sp³-hybridized carbons (Fsp3) is 0.212. The number of phenolic OH excluding ortho intramolecular Hbond substituents is 2. The molecule has 0 saturated carbocycles. The number of methoxy groups -OCH3 is 2. The highest BCUT2D eigenvalue weighted by atomic mass is 32.2. The minimum absolute atomic E-state index is 0.0345. The quantitative estimate of drug-likeness (QED) is 0.240. The van der Waals surface area contributed by atoms with Gasteiger partial charge in [-0.25, -0.2) is 0 Å². The molecule has 0 spiro atoms. The molecule has 2 saturated heterocycles. The molecule has 8 nitrogen and oxygen atoms in total. The maximum atomic E-state index is 13.0. The topological polar surface area (TPSA) is 99.5 Å². The van der Waals surface area contributed by atoms with E-state index in [1.807, 2.05) is 36.4 Å². The number of anilines is 2. The zero-order valence-corrected chi connectivity index (χ0v) is 25.2. The number of amides is 2. The summed E-state index contributed by atoms with van der Waals surface area (Å²) < 4.78 is 11.4. The summed E-state index contributed by atoms with van der Waals surface area (Å²) in [6.07, 6.45) is 0.600. The van der Waals surface area contributed by atoms with Crippen LogP contribution < -0.4 is 19.3 Å². The number of hydrogen-bond acceptors (Lipinski definition) is 8. The summed E-state index contributed by atoms with van der Waals surface area (Å²) in [5.74, 6) is 2.13. The summed E-state index contributed by atoms with van der Waals surface area (Å²) in [4.78, 5) is 29.4. The highest BCUT2D eigenvalue weighted by molar-refractivity contribution is 8.01. The minimum atomic E-state index is -0.313. The number of thioether (sulfide) groups is 2. The van der Waals surface area contributed by atoms with Gasteiger partial charge in [-0.3, -0.25) is 19.4 Å². The van der Waals surface area contributed by atoms with Gasteiger partial charge in [-0.1, -0.05) is 24.3 Å². The van der Waals surface area contributed by atoms with E-state index in [2.05, 4.69) is 12.1 Å². The molecule has 10 heteroatoms. The lowest BCUT2D eigenvalue weighted by Crippen LogP contribution is -2.28. The molecule has 0 radical (unpaired) electrons. The Morgan fingerprint density at radius 1 is 0.674 bits per heavy atom. The second-order valence-electron chi connectivity index (χ2n) is 10.2. The van der Waals surface area contributed by atoms with E-state index in [-0.39, 0.29) is 34.1 Å². The first-order chi connectivity index (χ1) is 20.9. The molecule has 43 heavy (non-hydrogen) atoms. The minimum Gasteiger partial charge on any atom is -0.508 e. The normalized spacial score (nSPS) is 18.4. The van der Waals surface area contributed by atoms with Gasteiger partial charge in [0.2, 0.25) is 11.8 Å². The van der Waals surface area contributed by atoms with Gasteiger partial charge in [-0.05, 0) is 66.1 Å². The number of rotatable bonds is 8. The molecule has 2 unspecified atom stereocenters. The standard InChI is InChI=1S/C33H30N2O6S2/c1-40-28-11-9-20(14-26(28)32-34(30(38)18-42-32)22-5-3-7-24(36)16-22)13-21-10-12-29(41-2)27(15-21)33-35(31(39)19-43-33)23-6-4-8-25(37)17-23/h3-12,14-17,32-33,36-37H,13,18-19H2,1-2H3. The third-order valence-electron chi connectivity index (χ3n) is 7.48. The molecule has 0 aromatic heterocycles. The number of carbonyl (C=O) groups excluding carboxylic acids is 2. The number of ether oxygens (including phenoxy) is 2. The second kappa shape index (κ2) is 12.1. The molecule has 0 aliphatic carbocycles. The molecule has 2 atom stereocenters. The fourth-order valence-electron chi connectivity index (χ4n) is 5.56. The lowest BCUT2D eigenvalue weighted by Gasteiger charge is -2.27. The Morgan fingerprint density at radius 3 is 1.51 bits per heavy atom. The van der Waals surface area contributed by atoms with Crippen molar-refractivity contribution in [3.8, 4) is 23.0 Å². The lowest BCUT2D eigenvalue weighted by molar-refractivity contribution is -0.116. The van der Waals surface area contributed by atoms with Crippen LogP contribution in [0.15, 0.2) is 84.9 Å². The van der Waals surface area contributed by atoms with E-state index in [0.717, 1.165) is 22.3 Å². The van der Waals surface area contributed by atoms with Crippen molar-refractivity contribution in [2.45, 2.75) is 17.2 Å². The van der Waals surface area contributed by atoms with Crippen molar-refractivity contribution in [3.05, 3.63) is 107 Å². The van der Waals surface area contributed by atoms with Gasteiger partial charge in [-0.15, -0.1) is 23.5 Å². The van der Waals surface area contributed by atoms with Crippen LogP contribution in [0.2, 0.25) is 0 Å². The van der Waals surface area contributed by atoms with Crippen LogP contribution in [-0.4, -0.2) is 47.8 Å². The average Bonchev–Trinajstić information content (AvgIpc) is 3.59. The zero-order valence-electron chi connectivity index (χ0n) is 23.6. The van der Waals surface area contributed by atoms with E-state index < -0.39 is 0 Å². The van der Waals surface area contributed by atoms with E-state index in [1.54, 1.807) is 60.4 Å². The number of hydrogen-bond donors (Lipinski definition) is 2. The highest BCUT2D eigenvalue weighted by Gasteiger charge is 2.37. The van der Waals surface area contributed by atoms with Crippen LogP contribution in [0.3, 0.4) is 0 Å². The predicted molar refractivity (Wildman–Crippen MR) is 170 cm³/mol. The molecule has 4 aromatic rings. The summed E-state index contributed by atoms with van der Waals surface area (Å²) in [5, 5.41) is 19.5. The summed E-state index contributed by atoms with van der Waals surface area (Å²) >= 11 is 3.04. The second-order valence-corrected chi connectivity index (χ2v) is 12.4. The smallest absolute Gasteiger partial charge is 0.238 e. The molecule has 6 rings (SSSR count). The number of carbonyl (C=O) groups is 2.